The lowest BCUT2D eigenvalue weighted by atomic mass is 9.81. The highest BCUT2D eigenvalue weighted by Gasteiger charge is 2.36. The van der Waals surface area contributed by atoms with E-state index in [1.165, 1.54) is 18.2 Å². The van der Waals surface area contributed by atoms with Crippen molar-refractivity contribution in [3.8, 4) is 5.75 Å². The highest BCUT2D eigenvalue weighted by Crippen LogP contribution is 2.32. The minimum atomic E-state index is -4.45. The fourth-order valence-electron chi connectivity index (χ4n) is 3.53. The van der Waals surface area contributed by atoms with E-state index in [0.29, 0.717) is 28.6 Å². The minimum absolute atomic E-state index is 0.0839. The van der Waals surface area contributed by atoms with Gasteiger partial charge in [-0.05, 0) is 48.6 Å². The third-order valence-electron chi connectivity index (χ3n) is 6.08. The van der Waals surface area contributed by atoms with Gasteiger partial charge in [0, 0.05) is 11.1 Å². The number of fused-ring (bicyclic) bond motifs is 1. The molecule has 2 N–H and O–H groups in total. The van der Waals surface area contributed by atoms with Gasteiger partial charge >= 0.3 is 12.1 Å². The number of hydrogen-bond donors (Lipinski definition) is 2. The highest BCUT2D eigenvalue weighted by atomic mass is 19.4. The maximum atomic E-state index is 13.2. The van der Waals surface area contributed by atoms with E-state index in [1.807, 2.05) is 13.0 Å². The molecule has 1 atom stereocenters. The maximum absolute atomic E-state index is 13.2. The minimum Gasteiger partial charge on any atom is -0.486 e. The summed E-state index contributed by atoms with van der Waals surface area (Å²) in [7, 11) is 0. The number of nitrogens with zero attached hydrogens (tertiary/aromatic N) is 1. The lowest BCUT2D eigenvalue weighted by molar-refractivity contribution is -0.142. The van der Waals surface area contributed by atoms with Gasteiger partial charge in [-0.2, -0.15) is 13.2 Å². The number of nitrogens with one attached hydrogen (secondary N) is 1. The van der Waals surface area contributed by atoms with Crippen molar-refractivity contribution >= 4 is 22.8 Å². The molecule has 0 spiro atoms. The van der Waals surface area contributed by atoms with Crippen LogP contribution in [0.3, 0.4) is 0 Å². The summed E-state index contributed by atoms with van der Waals surface area (Å²) in [6.45, 7) is 6.99. The van der Waals surface area contributed by atoms with Crippen molar-refractivity contribution in [2.75, 3.05) is 0 Å². The first kappa shape index (κ1) is 26.0. The molecule has 0 unspecified atom stereocenters. The van der Waals surface area contributed by atoms with Gasteiger partial charge in [-0.3, -0.25) is 4.79 Å². The van der Waals surface area contributed by atoms with Crippen LogP contribution in [0.2, 0.25) is 0 Å². The summed E-state index contributed by atoms with van der Waals surface area (Å²) in [5.74, 6) is -1.68. The largest absolute Gasteiger partial charge is 0.486 e. The number of hydrogen-bond acceptors (Lipinski definition) is 4. The molecule has 1 amide bonds. The molecule has 0 radical (unpaired) electrons. The second-order valence-corrected chi connectivity index (χ2v) is 9.04. The molecule has 0 aliphatic heterocycles. The summed E-state index contributed by atoms with van der Waals surface area (Å²) in [5.41, 5.74) is 0.123. The fourth-order valence-corrected chi connectivity index (χ4v) is 3.53. The maximum Gasteiger partial charge on any atom is 0.416 e. The Bertz CT molecular complexity index is 1240. The van der Waals surface area contributed by atoms with Crippen LogP contribution in [0.25, 0.3) is 10.9 Å². The first-order valence-electron chi connectivity index (χ1n) is 11.1. The topological polar surface area (TPSA) is 88.5 Å². The molecule has 35 heavy (non-hydrogen) atoms. The summed E-state index contributed by atoms with van der Waals surface area (Å²) < 4.78 is 44.5. The van der Waals surface area contributed by atoms with Crippen LogP contribution in [-0.4, -0.2) is 28.0 Å². The Balaban J connectivity index is 1.98. The normalized spacial score (nSPS) is 12.9. The van der Waals surface area contributed by atoms with Gasteiger partial charge in [-0.15, -0.1) is 0 Å². The van der Waals surface area contributed by atoms with E-state index >= 15 is 0 Å². The quantitative estimate of drug-likeness (QED) is 0.421. The molecule has 0 aliphatic carbocycles. The first-order chi connectivity index (χ1) is 16.3. The standard InChI is InChI=1S/C26H27F3N2O4/c1-5-25(3,4)22(24(33)34)31-23(32)19-13-10-17-9-6-15(2)30-20(17)21(19)35-14-16-7-11-18(12-8-16)26(27,28)29/h6-13,22H,5,14H2,1-4H3,(H,31,32)(H,33,34)/t22-/m1/s1. The zero-order valence-electron chi connectivity index (χ0n) is 19.9. The van der Waals surface area contributed by atoms with Crippen molar-refractivity contribution in [3.63, 3.8) is 0 Å². The van der Waals surface area contributed by atoms with Crippen molar-refractivity contribution in [2.45, 2.75) is 52.9 Å². The number of aromatic nitrogens is 1. The van der Waals surface area contributed by atoms with E-state index < -0.39 is 35.1 Å². The number of carboxylic acid groups (broad SMARTS) is 1. The van der Waals surface area contributed by atoms with E-state index in [4.69, 9.17) is 4.74 Å². The summed E-state index contributed by atoms with van der Waals surface area (Å²) in [6.07, 6.45) is -3.94. The Hall–Kier alpha value is -3.62. The summed E-state index contributed by atoms with van der Waals surface area (Å²) >= 11 is 0. The van der Waals surface area contributed by atoms with Crippen LogP contribution in [0.5, 0.6) is 5.75 Å². The van der Waals surface area contributed by atoms with Gasteiger partial charge in [0.2, 0.25) is 0 Å². The smallest absolute Gasteiger partial charge is 0.416 e. The average Bonchev–Trinajstić information content (AvgIpc) is 2.80. The van der Waals surface area contributed by atoms with E-state index in [9.17, 15) is 27.9 Å². The molecule has 3 rings (SSSR count). The number of ether oxygens (including phenoxy) is 1. The number of amides is 1. The lowest BCUT2D eigenvalue weighted by Gasteiger charge is -2.31. The van der Waals surface area contributed by atoms with Crippen LogP contribution >= 0.6 is 0 Å². The molecule has 186 valence electrons. The number of rotatable bonds is 8. The Morgan fingerprint density at radius 2 is 1.69 bits per heavy atom. The van der Waals surface area contributed by atoms with E-state index in [-0.39, 0.29) is 17.9 Å². The molecule has 0 fully saturated rings. The van der Waals surface area contributed by atoms with Crippen LogP contribution in [0.15, 0.2) is 48.5 Å². The van der Waals surface area contributed by atoms with E-state index in [0.717, 1.165) is 12.1 Å². The monoisotopic (exact) mass is 488 g/mol. The predicted molar refractivity (Wildman–Crippen MR) is 125 cm³/mol. The van der Waals surface area contributed by atoms with Crippen LogP contribution in [0.4, 0.5) is 13.2 Å². The third kappa shape index (κ3) is 5.90. The highest BCUT2D eigenvalue weighted by molar-refractivity contribution is 6.04. The molecule has 0 saturated carbocycles. The summed E-state index contributed by atoms with van der Waals surface area (Å²) in [4.78, 5) is 29.6. The number of carbonyl (C=O) groups is 2. The molecule has 0 saturated heterocycles. The van der Waals surface area contributed by atoms with Gasteiger partial charge in [-0.25, -0.2) is 9.78 Å². The van der Waals surface area contributed by atoms with E-state index in [1.54, 1.807) is 32.9 Å². The molecule has 6 nitrogen and oxygen atoms in total. The van der Waals surface area contributed by atoms with E-state index in [2.05, 4.69) is 10.3 Å². The number of aryl methyl sites for hydroxylation is 1. The Morgan fingerprint density at radius 3 is 2.26 bits per heavy atom. The third-order valence-corrected chi connectivity index (χ3v) is 6.08. The predicted octanol–water partition coefficient (Wildman–Crippen LogP) is 5.76. The Kier molecular flexibility index (Phi) is 7.38. The number of alkyl halides is 3. The lowest BCUT2D eigenvalue weighted by Crippen LogP contribution is -2.50. The second kappa shape index (κ2) is 9.93. The fraction of sp³-hybridized carbons (Fsp3) is 0.346. The van der Waals surface area contributed by atoms with Gasteiger partial charge in [0.1, 0.15) is 18.2 Å². The van der Waals surface area contributed by atoms with Gasteiger partial charge in [-0.1, -0.05) is 45.0 Å². The molecule has 1 heterocycles. The molecular weight excluding hydrogens is 461 g/mol. The molecule has 9 heteroatoms. The van der Waals surface area contributed by atoms with Crippen molar-refractivity contribution in [2.24, 2.45) is 5.41 Å². The molecule has 0 aliphatic rings. The zero-order valence-corrected chi connectivity index (χ0v) is 19.9. The van der Waals surface area contributed by atoms with Crippen LogP contribution in [0, 0.1) is 12.3 Å². The van der Waals surface area contributed by atoms with Crippen LogP contribution < -0.4 is 10.1 Å². The molecule has 3 aromatic rings. The van der Waals surface area contributed by atoms with Gasteiger partial charge in [0.15, 0.2) is 5.75 Å². The van der Waals surface area contributed by atoms with Crippen molar-refractivity contribution in [3.05, 3.63) is 70.9 Å². The summed E-state index contributed by atoms with van der Waals surface area (Å²) in [6, 6.07) is 10.2. The average molecular weight is 489 g/mol. The number of benzene rings is 2. The second-order valence-electron chi connectivity index (χ2n) is 9.04. The number of carboxylic acids is 1. The number of aliphatic carboxylic acids is 1. The molecule has 1 aromatic heterocycles. The van der Waals surface area contributed by atoms with Crippen molar-refractivity contribution < 1.29 is 32.6 Å². The first-order valence-corrected chi connectivity index (χ1v) is 11.1. The van der Waals surface area contributed by atoms with Crippen molar-refractivity contribution in [1.82, 2.24) is 10.3 Å². The Labute approximate surface area is 201 Å². The van der Waals surface area contributed by atoms with Gasteiger partial charge < -0.3 is 15.2 Å². The number of carbonyl (C=O) groups excluding carboxylic acids is 1. The van der Waals surface area contributed by atoms with Crippen molar-refractivity contribution in [1.29, 1.82) is 0 Å². The number of halogens is 3. The van der Waals surface area contributed by atoms with Crippen LogP contribution in [-0.2, 0) is 17.6 Å². The Morgan fingerprint density at radius 1 is 1.06 bits per heavy atom. The van der Waals surface area contributed by atoms with Gasteiger partial charge in [0.05, 0.1) is 11.1 Å². The molecule has 0 bridgehead atoms. The number of pyridine rings is 1. The molecule has 2 aromatic carbocycles. The summed E-state index contributed by atoms with van der Waals surface area (Å²) in [5, 5.41) is 13.0. The van der Waals surface area contributed by atoms with Gasteiger partial charge in [0.25, 0.3) is 5.91 Å². The molecular formula is C26H27F3N2O4. The van der Waals surface area contributed by atoms with Crippen LogP contribution in [0.1, 0.15) is 54.4 Å². The zero-order chi connectivity index (χ0) is 26.0. The SMILES string of the molecule is CCC(C)(C)[C@H](NC(=O)c1ccc2ccc(C)nc2c1OCc1ccc(C(F)(F)F)cc1)C(=O)O.